The number of hydrogen-bond donors (Lipinski definition) is 2. The summed E-state index contributed by atoms with van der Waals surface area (Å²) in [5.41, 5.74) is 3.28. The molecule has 2 aromatic rings. The Kier molecular flexibility index (Phi) is 6.00. The fourth-order valence-electron chi connectivity index (χ4n) is 6.77. The predicted molar refractivity (Wildman–Crippen MR) is 127 cm³/mol. The fourth-order valence-corrected chi connectivity index (χ4v) is 6.77. The molecule has 0 radical (unpaired) electrons. The Morgan fingerprint density at radius 3 is 2.30 bits per heavy atom. The van der Waals surface area contributed by atoms with E-state index in [-0.39, 0.29) is 12.5 Å². The summed E-state index contributed by atoms with van der Waals surface area (Å²) in [6.45, 7) is 2.21. The zero-order chi connectivity index (χ0) is 22.8. The van der Waals surface area contributed by atoms with E-state index >= 15 is 0 Å². The number of anilines is 1. The van der Waals surface area contributed by atoms with Gasteiger partial charge in [0.25, 0.3) is 5.91 Å². The van der Waals surface area contributed by atoms with E-state index in [1.807, 2.05) is 19.1 Å². The molecule has 2 N–H and O–H groups in total. The molecule has 33 heavy (non-hydrogen) atoms. The van der Waals surface area contributed by atoms with Crippen LogP contribution in [0.2, 0.25) is 0 Å². The van der Waals surface area contributed by atoms with Gasteiger partial charge in [0.15, 0.2) is 18.1 Å². The van der Waals surface area contributed by atoms with E-state index in [0.717, 1.165) is 23.4 Å². The molecule has 6 nitrogen and oxygen atoms in total. The first kappa shape index (κ1) is 21.8. The summed E-state index contributed by atoms with van der Waals surface area (Å²) in [5, 5.41) is 14.7. The Bertz CT molecular complexity index is 996. The summed E-state index contributed by atoms with van der Waals surface area (Å²) in [4.78, 5) is 12.5. The third-order valence-corrected chi connectivity index (χ3v) is 7.65. The minimum absolute atomic E-state index is 0.121. The van der Waals surface area contributed by atoms with Gasteiger partial charge in [0.1, 0.15) is 0 Å². The van der Waals surface area contributed by atoms with Gasteiger partial charge in [-0.25, -0.2) is 0 Å². The number of nitrogens with one attached hydrogen (secondary N) is 1. The van der Waals surface area contributed by atoms with Crippen molar-refractivity contribution in [1.82, 2.24) is 0 Å². The Morgan fingerprint density at radius 2 is 1.70 bits per heavy atom. The van der Waals surface area contributed by atoms with Crippen LogP contribution in [0.4, 0.5) is 5.69 Å². The molecule has 4 aliphatic carbocycles. The van der Waals surface area contributed by atoms with Crippen molar-refractivity contribution in [2.75, 3.05) is 18.5 Å². The van der Waals surface area contributed by atoms with Gasteiger partial charge < -0.3 is 20.0 Å². The lowest BCUT2D eigenvalue weighted by molar-refractivity contribution is -0.118. The molecule has 6 heteroatoms. The first-order valence-corrected chi connectivity index (χ1v) is 12.0. The highest BCUT2D eigenvalue weighted by molar-refractivity contribution is 5.92. The number of nitrogens with zero attached hydrogens (tertiary/aromatic N) is 1. The van der Waals surface area contributed by atoms with E-state index in [4.69, 9.17) is 14.7 Å². The molecular formula is C27H32N2O4. The molecule has 1 amide bonds. The van der Waals surface area contributed by atoms with Crippen LogP contribution in [0.3, 0.4) is 0 Å². The summed E-state index contributed by atoms with van der Waals surface area (Å²) in [6, 6.07) is 13.6. The van der Waals surface area contributed by atoms with Crippen LogP contribution in [0.25, 0.3) is 0 Å². The van der Waals surface area contributed by atoms with Crippen molar-refractivity contribution in [3.8, 4) is 11.5 Å². The Balaban J connectivity index is 1.20. The van der Waals surface area contributed by atoms with Crippen molar-refractivity contribution in [2.45, 2.75) is 50.9 Å². The molecule has 6 rings (SSSR count). The van der Waals surface area contributed by atoms with Crippen molar-refractivity contribution in [1.29, 1.82) is 0 Å². The highest BCUT2D eigenvalue weighted by Crippen LogP contribution is 2.60. The number of rotatable bonds is 8. The summed E-state index contributed by atoms with van der Waals surface area (Å²) in [6.07, 6.45) is 9.64. The lowest BCUT2D eigenvalue weighted by Gasteiger charge is -2.57. The maximum Gasteiger partial charge on any atom is 0.262 e. The van der Waals surface area contributed by atoms with E-state index in [1.165, 1.54) is 50.3 Å². The van der Waals surface area contributed by atoms with Crippen molar-refractivity contribution in [3.63, 3.8) is 0 Å². The van der Waals surface area contributed by atoms with Crippen molar-refractivity contribution in [3.05, 3.63) is 53.6 Å². The van der Waals surface area contributed by atoms with Gasteiger partial charge in [0.05, 0.1) is 12.8 Å². The van der Waals surface area contributed by atoms with Crippen molar-refractivity contribution < 1.29 is 19.5 Å². The molecule has 0 unspecified atom stereocenters. The van der Waals surface area contributed by atoms with Gasteiger partial charge in [0.2, 0.25) is 0 Å². The van der Waals surface area contributed by atoms with E-state index in [0.29, 0.717) is 29.1 Å². The molecule has 4 saturated carbocycles. The molecule has 4 fully saturated rings. The number of amides is 1. The third-order valence-electron chi connectivity index (χ3n) is 7.65. The van der Waals surface area contributed by atoms with E-state index in [9.17, 15) is 4.79 Å². The molecule has 0 spiro atoms. The number of oxime groups is 1. The molecular weight excluding hydrogens is 416 g/mol. The Hall–Kier alpha value is -3.02. The smallest absolute Gasteiger partial charge is 0.262 e. The summed E-state index contributed by atoms with van der Waals surface area (Å²) in [5.74, 6) is 3.50. The number of carbonyl (C=O) groups excluding carboxylic acids is 1. The first-order valence-electron chi connectivity index (χ1n) is 12.0. The van der Waals surface area contributed by atoms with Crippen LogP contribution >= 0.6 is 0 Å². The Morgan fingerprint density at radius 1 is 1.03 bits per heavy atom. The zero-order valence-corrected chi connectivity index (χ0v) is 19.1. The van der Waals surface area contributed by atoms with Gasteiger partial charge in [-0.2, -0.15) is 0 Å². The van der Waals surface area contributed by atoms with Crippen LogP contribution in [0.15, 0.2) is 47.6 Å². The lowest BCUT2D eigenvalue weighted by Crippen LogP contribution is -2.48. The minimum Gasteiger partial charge on any atom is -0.490 e. The van der Waals surface area contributed by atoms with Gasteiger partial charge in [-0.3, -0.25) is 4.79 Å². The Labute approximate surface area is 195 Å². The summed E-state index contributed by atoms with van der Waals surface area (Å²) < 4.78 is 11.3. The van der Waals surface area contributed by atoms with E-state index < -0.39 is 0 Å². The predicted octanol–water partition coefficient (Wildman–Crippen LogP) is 5.38. The quantitative estimate of drug-likeness (QED) is 0.323. The number of benzene rings is 2. The average Bonchev–Trinajstić information content (AvgIpc) is 2.78. The van der Waals surface area contributed by atoms with Crippen molar-refractivity contribution >= 4 is 17.8 Å². The average molecular weight is 449 g/mol. The largest absolute Gasteiger partial charge is 0.490 e. The summed E-state index contributed by atoms with van der Waals surface area (Å²) >= 11 is 0. The second-order valence-electron chi connectivity index (χ2n) is 10.00. The van der Waals surface area contributed by atoms with Crippen LogP contribution in [-0.4, -0.2) is 30.5 Å². The lowest BCUT2D eigenvalue weighted by atomic mass is 9.48. The number of hydrogen-bond acceptors (Lipinski definition) is 5. The summed E-state index contributed by atoms with van der Waals surface area (Å²) in [7, 11) is 0. The highest BCUT2D eigenvalue weighted by atomic mass is 16.5. The fraction of sp³-hybridized carbons (Fsp3) is 0.481. The molecule has 4 bridgehead atoms. The molecule has 0 aromatic heterocycles. The van der Waals surface area contributed by atoms with Gasteiger partial charge in [-0.05, 0) is 105 Å². The van der Waals surface area contributed by atoms with E-state index in [1.54, 1.807) is 18.2 Å². The van der Waals surface area contributed by atoms with Crippen LogP contribution in [0, 0.1) is 17.8 Å². The molecule has 4 aliphatic rings. The molecule has 0 heterocycles. The molecule has 0 atom stereocenters. The second-order valence-corrected chi connectivity index (χ2v) is 10.00. The van der Waals surface area contributed by atoms with Crippen molar-refractivity contribution in [2.24, 2.45) is 22.9 Å². The first-order chi connectivity index (χ1) is 16.1. The second kappa shape index (κ2) is 9.08. The maximum atomic E-state index is 12.5. The van der Waals surface area contributed by atoms with Crippen LogP contribution in [-0.2, 0) is 10.2 Å². The molecule has 174 valence electrons. The van der Waals surface area contributed by atoms with E-state index in [2.05, 4.69) is 22.6 Å². The third kappa shape index (κ3) is 4.56. The van der Waals surface area contributed by atoms with Gasteiger partial charge >= 0.3 is 0 Å². The van der Waals surface area contributed by atoms with Gasteiger partial charge in [-0.1, -0.05) is 17.3 Å². The number of ether oxygens (including phenoxy) is 2. The zero-order valence-electron chi connectivity index (χ0n) is 19.1. The van der Waals surface area contributed by atoms with Gasteiger partial charge in [-0.15, -0.1) is 0 Å². The molecule has 0 aliphatic heterocycles. The highest BCUT2D eigenvalue weighted by Gasteiger charge is 2.51. The molecule has 0 saturated heterocycles. The van der Waals surface area contributed by atoms with Crippen LogP contribution in [0.5, 0.6) is 11.5 Å². The topological polar surface area (TPSA) is 80.2 Å². The normalized spacial score (nSPS) is 27.6. The molecule has 2 aromatic carbocycles. The standard InChI is InChI=1S/C27H32N2O4/c1-2-32-25-12-18(16-28-31)3-8-24(25)33-17-26(30)29-23-6-4-22(5-7-23)27-13-19-9-20(14-27)11-21(10-19)15-27/h3-8,12,16,19-21,31H,2,9-11,13-15,17H2,1H3,(H,29,30)/b28-16-. The SMILES string of the molecule is CCOc1cc(/C=N\O)ccc1OCC(=O)Nc1ccc(C23CC4CC(CC(C4)C2)C3)cc1. The monoisotopic (exact) mass is 448 g/mol. The van der Waals surface area contributed by atoms with Gasteiger partial charge in [0, 0.05) is 11.3 Å². The minimum atomic E-state index is -0.221. The van der Waals surface area contributed by atoms with Crippen LogP contribution in [0.1, 0.15) is 56.6 Å². The maximum absolute atomic E-state index is 12.5. The van der Waals surface area contributed by atoms with Crippen LogP contribution < -0.4 is 14.8 Å². The number of carbonyl (C=O) groups is 1.